The van der Waals surface area contributed by atoms with Crippen molar-refractivity contribution in [2.45, 2.75) is 30.9 Å². The van der Waals surface area contributed by atoms with Crippen molar-refractivity contribution in [3.8, 4) is 11.6 Å². The third kappa shape index (κ3) is 6.13. The second-order valence-electron chi connectivity index (χ2n) is 7.09. The van der Waals surface area contributed by atoms with Gasteiger partial charge >= 0.3 is 0 Å². The number of aryl methyl sites for hydroxylation is 1. The van der Waals surface area contributed by atoms with E-state index in [1.807, 2.05) is 0 Å². The van der Waals surface area contributed by atoms with Gasteiger partial charge in [-0.2, -0.15) is 0 Å². The lowest BCUT2D eigenvalue weighted by Gasteiger charge is -2.17. The van der Waals surface area contributed by atoms with Gasteiger partial charge in [0.15, 0.2) is 5.03 Å². The van der Waals surface area contributed by atoms with Gasteiger partial charge in [0.05, 0.1) is 17.5 Å². The van der Waals surface area contributed by atoms with Gasteiger partial charge in [-0.3, -0.25) is 9.36 Å². The van der Waals surface area contributed by atoms with E-state index in [9.17, 15) is 14.3 Å². The third-order valence-corrected chi connectivity index (χ3v) is 4.89. The maximum absolute atomic E-state index is 13.0. The van der Waals surface area contributed by atoms with Crippen molar-refractivity contribution in [3.63, 3.8) is 0 Å². The number of thioether (sulfide) groups is 1. The first-order valence-electron chi connectivity index (χ1n) is 9.08. The number of aromatic nitrogens is 3. The zero-order valence-corrected chi connectivity index (χ0v) is 17.0. The van der Waals surface area contributed by atoms with Crippen molar-refractivity contribution in [3.05, 3.63) is 76.7 Å². The van der Waals surface area contributed by atoms with Gasteiger partial charge in [0.1, 0.15) is 12.4 Å². The van der Waals surface area contributed by atoms with Crippen LogP contribution in [0.4, 0.5) is 4.39 Å². The standard InChI is InChI=1S/C21H22FN3O3S/c1-21(2,27)14-28-18-8-7-17(13-24-18)25-11-10-23-19(20(25)26)29-12-9-15-3-5-16(22)6-4-15/h3-8,10-11,13,27H,9,12,14H2,1-2H3. The van der Waals surface area contributed by atoms with Crippen molar-refractivity contribution in [2.75, 3.05) is 12.4 Å². The Morgan fingerprint density at radius 2 is 1.93 bits per heavy atom. The third-order valence-electron chi connectivity index (χ3n) is 3.92. The van der Waals surface area contributed by atoms with Gasteiger partial charge in [-0.15, -0.1) is 11.8 Å². The van der Waals surface area contributed by atoms with E-state index in [-0.39, 0.29) is 18.0 Å². The summed E-state index contributed by atoms with van der Waals surface area (Å²) in [5.41, 5.74) is 0.403. The molecule has 3 aromatic rings. The molecule has 3 rings (SSSR count). The number of hydrogen-bond donors (Lipinski definition) is 1. The molecule has 0 amide bonds. The van der Waals surface area contributed by atoms with Gasteiger partial charge in [0.2, 0.25) is 5.88 Å². The van der Waals surface area contributed by atoms with E-state index < -0.39 is 5.60 Å². The van der Waals surface area contributed by atoms with Crippen LogP contribution in [0.3, 0.4) is 0 Å². The maximum atomic E-state index is 13.0. The van der Waals surface area contributed by atoms with Crippen molar-refractivity contribution in [2.24, 2.45) is 0 Å². The van der Waals surface area contributed by atoms with Crippen LogP contribution in [-0.4, -0.2) is 37.6 Å². The van der Waals surface area contributed by atoms with Crippen LogP contribution in [0.25, 0.3) is 5.69 Å². The molecule has 0 fully saturated rings. The number of nitrogens with zero attached hydrogens (tertiary/aromatic N) is 3. The second kappa shape index (κ2) is 9.19. The van der Waals surface area contributed by atoms with Gasteiger partial charge in [0, 0.05) is 24.2 Å². The van der Waals surface area contributed by atoms with Gasteiger partial charge in [-0.1, -0.05) is 12.1 Å². The molecule has 6 nitrogen and oxygen atoms in total. The minimum Gasteiger partial charge on any atom is -0.475 e. The Labute approximate surface area is 172 Å². The van der Waals surface area contributed by atoms with Crippen molar-refractivity contribution in [1.82, 2.24) is 14.5 Å². The summed E-state index contributed by atoms with van der Waals surface area (Å²) in [6.07, 6.45) is 5.39. The van der Waals surface area contributed by atoms with Crippen LogP contribution in [0.2, 0.25) is 0 Å². The Bertz CT molecular complexity index is 999. The Hall–Kier alpha value is -2.71. The summed E-state index contributed by atoms with van der Waals surface area (Å²) in [5, 5.41) is 10.1. The Kier molecular flexibility index (Phi) is 6.66. The fourth-order valence-corrected chi connectivity index (χ4v) is 3.35. The van der Waals surface area contributed by atoms with E-state index in [4.69, 9.17) is 4.74 Å². The van der Waals surface area contributed by atoms with E-state index in [0.717, 1.165) is 5.56 Å². The first kappa shape index (κ1) is 21.0. The van der Waals surface area contributed by atoms with Crippen LogP contribution >= 0.6 is 11.8 Å². The van der Waals surface area contributed by atoms with Gasteiger partial charge < -0.3 is 9.84 Å². The van der Waals surface area contributed by atoms with E-state index in [0.29, 0.717) is 28.8 Å². The zero-order valence-electron chi connectivity index (χ0n) is 16.2. The summed E-state index contributed by atoms with van der Waals surface area (Å²) >= 11 is 1.36. The number of ether oxygens (including phenoxy) is 1. The topological polar surface area (TPSA) is 77.2 Å². The molecule has 0 bridgehead atoms. The first-order chi connectivity index (χ1) is 13.8. The molecule has 1 N–H and O–H groups in total. The molecule has 0 saturated heterocycles. The van der Waals surface area contributed by atoms with Crippen LogP contribution in [0.5, 0.6) is 5.88 Å². The summed E-state index contributed by atoms with van der Waals surface area (Å²) < 4.78 is 19.9. The fourth-order valence-electron chi connectivity index (χ4n) is 2.46. The Balaban J connectivity index is 1.66. The summed E-state index contributed by atoms with van der Waals surface area (Å²) in [7, 11) is 0. The summed E-state index contributed by atoms with van der Waals surface area (Å²) in [4.78, 5) is 21.1. The highest BCUT2D eigenvalue weighted by Crippen LogP contribution is 2.16. The molecule has 0 aliphatic rings. The van der Waals surface area contributed by atoms with Crippen LogP contribution in [0.15, 0.2) is 64.8 Å². The number of pyridine rings is 1. The van der Waals surface area contributed by atoms with Gasteiger partial charge in [-0.05, 0) is 44.0 Å². The molecule has 1 aromatic carbocycles. The summed E-state index contributed by atoms with van der Waals surface area (Å²) in [6, 6.07) is 9.70. The van der Waals surface area contributed by atoms with Gasteiger partial charge in [0.25, 0.3) is 5.56 Å². The first-order valence-corrected chi connectivity index (χ1v) is 10.1. The SMILES string of the molecule is CC(C)(O)COc1ccc(-n2ccnc(SCCc3ccc(F)cc3)c2=O)cn1. The minimum absolute atomic E-state index is 0.114. The lowest BCUT2D eigenvalue weighted by molar-refractivity contribution is 0.0268. The Morgan fingerprint density at radius 1 is 1.17 bits per heavy atom. The molecule has 0 atom stereocenters. The number of benzene rings is 1. The molecular weight excluding hydrogens is 393 g/mol. The summed E-state index contributed by atoms with van der Waals surface area (Å²) in [5.74, 6) is 0.755. The van der Waals surface area contributed by atoms with Crippen LogP contribution in [0.1, 0.15) is 19.4 Å². The molecule has 29 heavy (non-hydrogen) atoms. The average Bonchev–Trinajstić information content (AvgIpc) is 2.69. The molecule has 0 radical (unpaired) electrons. The van der Waals surface area contributed by atoms with Crippen molar-refractivity contribution >= 4 is 11.8 Å². The molecule has 2 heterocycles. The minimum atomic E-state index is -0.956. The number of halogens is 1. The van der Waals surface area contributed by atoms with E-state index >= 15 is 0 Å². The molecule has 0 unspecified atom stereocenters. The second-order valence-corrected chi connectivity index (χ2v) is 8.17. The lowest BCUT2D eigenvalue weighted by atomic mass is 10.2. The predicted molar refractivity (Wildman–Crippen MR) is 110 cm³/mol. The molecular formula is C21H22FN3O3S. The van der Waals surface area contributed by atoms with E-state index in [2.05, 4.69) is 9.97 Å². The highest BCUT2D eigenvalue weighted by atomic mass is 32.2. The number of rotatable bonds is 8. The van der Waals surface area contributed by atoms with Crippen LogP contribution in [0, 0.1) is 5.82 Å². The maximum Gasteiger partial charge on any atom is 0.287 e. The van der Waals surface area contributed by atoms with Crippen LogP contribution < -0.4 is 10.3 Å². The van der Waals surface area contributed by atoms with Crippen molar-refractivity contribution in [1.29, 1.82) is 0 Å². The van der Waals surface area contributed by atoms with E-state index in [1.165, 1.54) is 34.7 Å². The number of hydrogen-bond acceptors (Lipinski definition) is 6. The highest BCUT2D eigenvalue weighted by Gasteiger charge is 2.14. The molecule has 0 saturated carbocycles. The van der Waals surface area contributed by atoms with Crippen molar-refractivity contribution < 1.29 is 14.2 Å². The smallest absolute Gasteiger partial charge is 0.287 e. The average molecular weight is 415 g/mol. The molecule has 152 valence electrons. The van der Waals surface area contributed by atoms with E-state index in [1.54, 1.807) is 50.5 Å². The zero-order chi connectivity index (χ0) is 20.9. The highest BCUT2D eigenvalue weighted by molar-refractivity contribution is 7.99. The fraction of sp³-hybridized carbons (Fsp3) is 0.286. The monoisotopic (exact) mass is 415 g/mol. The molecule has 8 heteroatoms. The number of aliphatic hydroxyl groups is 1. The molecule has 0 aliphatic heterocycles. The lowest BCUT2D eigenvalue weighted by Crippen LogP contribution is -2.28. The van der Waals surface area contributed by atoms with Crippen LogP contribution in [-0.2, 0) is 6.42 Å². The summed E-state index contributed by atoms with van der Waals surface area (Å²) in [6.45, 7) is 3.41. The van der Waals surface area contributed by atoms with Gasteiger partial charge in [-0.25, -0.2) is 14.4 Å². The quantitative estimate of drug-likeness (QED) is 0.569. The predicted octanol–water partition coefficient (Wildman–Crippen LogP) is 3.25. The molecule has 0 spiro atoms. The normalized spacial score (nSPS) is 11.4. The largest absolute Gasteiger partial charge is 0.475 e. The Morgan fingerprint density at radius 3 is 2.59 bits per heavy atom. The molecule has 0 aliphatic carbocycles. The molecule has 2 aromatic heterocycles.